The number of hydrogen-bond acceptors (Lipinski definition) is 5. The minimum atomic E-state index is 0.0926. The molecule has 0 aliphatic heterocycles. The van der Waals surface area contributed by atoms with Crippen molar-refractivity contribution in [2.45, 2.75) is 27.7 Å². The maximum atomic E-state index is 10.1. The van der Waals surface area contributed by atoms with Crippen molar-refractivity contribution in [1.82, 2.24) is 15.1 Å². The standard InChI is InChI=1S/C4H10N2.3C4H9NO/c2*1-4(5-2)6-3;2*1-4(6)5(2)3/h1-3H3,(H,5,6);3*1-3H3. The van der Waals surface area contributed by atoms with Crippen LogP contribution in [0.15, 0.2) is 9.98 Å². The molecule has 0 rings (SSSR count). The molecular weight excluding hydrogens is 310 g/mol. The van der Waals surface area contributed by atoms with Crippen molar-refractivity contribution in [3.63, 3.8) is 0 Å². The van der Waals surface area contributed by atoms with Crippen molar-refractivity contribution in [3.05, 3.63) is 0 Å². The highest BCUT2D eigenvalue weighted by Crippen LogP contribution is 1.70. The first-order valence-electron chi connectivity index (χ1n) is 7.35. The van der Waals surface area contributed by atoms with E-state index < -0.39 is 0 Å². The molecule has 0 aromatic rings. The molecule has 0 saturated heterocycles. The second-order valence-corrected chi connectivity index (χ2v) is 4.83. The van der Waals surface area contributed by atoms with Gasteiger partial charge in [-0.25, -0.2) is 0 Å². The zero-order chi connectivity index (χ0) is 20.3. The Morgan fingerprint density at radius 3 is 1.12 bits per heavy atom. The van der Waals surface area contributed by atoms with Crippen LogP contribution >= 0.6 is 0 Å². The predicted octanol–water partition coefficient (Wildman–Crippen LogP) is 1.12. The zero-order valence-corrected chi connectivity index (χ0v) is 17.5. The van der Waals surface area contributed by atoms with E-state index in [1.165, 1.54) is 23.6 Å². The predicted molar refractivity (Wildman–Crippen MR) is 103 cm³/mol. The first kappa shape index (κ1) is 29.8. The third kappa shape index (κ3) is 36.8. The van der Waals surface area contributed by atoms with Gasteiger partial charge in [-0.3, -0.25) is 19.6 Å². The second kappa shape index (κ2) is 20.9. The van der Waals surface area contributed by atoms with Crippen molar-refractivity contribution in [3.8, 4) is 0 Å². The Kier molecular flexibility index (Phi) is 26.0. The molecule has 0 fully saturated rings. The minimum absolute atomic E-state index is 0.0926. The van der Waals surface area contributed by atoms with Crippen LogP contribution in [0.3, 0.4) is 0 Å². The van der Waals surface area contributed by atoms with Crippen LogP contribution in [0.1, 0.15) is 27.7 Å². The number of nitrogens with zero attached hydrogens (tertiary/aromatic N) is 4. The number of amidine groups is 1. The van der Waals surface area contributed by atoms with Gasteiger partial charge in [0.1, 0.15) is 0 Å². The van der Waals surface area contributed by atoms with Gasteiger partial charge in [0.25, 0.3) is 0 Å². The molecule has 1 N–H and O–H groups in total. The van der Waals surface area contributed by atoms with E-state index in [-0.39, 0.29) is 11.8 Å². The second-order valence-electron chi connectivity index (χ2n) is 4.83. The number of carbonyl (C=O) groups is 2. The smallest absolute Gasteiger partial charge is 0.218 e. The van der Waals surface area contributed by atoms with E-state index in [0.717, 1.165) is 11.7 Å². The lowest BCUT2D eigenvalue weighted by Gasteiger charge is -2.02. The quantitative estimate of drug-likeness (QED) is 0.525. The first-order chi connectivity index (χ1) is 10.9. The van der Waals surface area contributed by atoms with Crippen LogP contribution in [0.2, 0.25) is 0 Å². The van der Waals surface area contributed by atoms with Gasteiger partial charge in [0.15, 0.2) is 5.90 Å². The molecule has 144 valence electrons. The lowest BCUT2D eigenvalue weighted by atomic mass is 10.7. The van der Waals surface area contributed by atoms with Crippen molar-refractivity contribution < 1.29 is 14.3 Å². The molecule has 0 aliphatic carbocycles. The van der Waals surface area contributed by atoms with Gasteiger partial charge in [0.05, 0.1) is 12.9 Å². The summed E-state index contributed by atoms with van der Waals surface area (Å²) in [6.07, 6.45) is 0. The highest BCUT2D eigenvalue weighted by Gasteiger charge is 1.88. The fraction of sp³-hybridized carbons (Fsp3) is 0.750. The van der Waals surface area contributed by atoms with Gasteiger partial charge in [-0.2, -0.15) is 0 Å². The lowest BCUT2D eigenvalue weighted by molar-refractivity contribution is -0.127. The van der Waals surface area contributed by atoms with E-state index in [1.54, 1.807) is 56.3 Å². The number of methoxy groups -OCH3 is 1. The molecule has 0 atom stereocenters. The molecule has 0 aliphatic rings. The Labute approximate surface area is 148 Å². The van der Waals surface area contributed by atoms with Crippen LogP contribution in [0.5, 0.6) is 0 Å². The van der Waals surface area contributed by atoms with Gasteiger partial charge in [-0.15, -0.1) is 0 Å². The number of ether oxygens (including phenoxy) is 1. The number of nitrogens with one attached hydrogen (secondary N) is 1. The fourth-order valence-electron chi connectivity index (χ4n) is 0.203. The molecule has 0 bridgehead atoms. The molecule has 0 heterocycles. The van der Waals surface area contributed by atoms with Crippen LogP contribution in [0.25, 0.3) is 0 Å². The average Bonchev–Trinajstić information content (AvgIpc) is 2.54. The highest BCUT2D eigenvalue weighted by molar-refractivity contribution is 5.78. The van der Waals surface area contributed by atoms with Crippen LogP contribution in [0, 0.1) is 0 Å². The monoisotopic (exact) mass is 347 g/mol. The van der Waals surface area contributed by atoms with E-state index in [1.807, 2.05) is 14.0 Å². The Hall–Kier alpha value is -2.12. The number of rotatable bonds is 0. The molecule has 2 amide bonds. The van der Waals surface area contributed by atoms with E-state index in [9.17, 15) is 9.59 Å². The van der Waals surface area contributed by atoms with Crippen molar-refractivity contribution in [2.24, 2.45) is 9.98 Å². The van der Waals surface area contributed by atoms with Gasteiger partial charge in [0, 0.05) is 70.1 Å². The molecule has 0 saturated carbocycles. The molecule has 0 unspecified atom stereocenters. The third-order valence-corrected chi connectivity index (χ3v) is 2.57. The minimum Gasteiger partial charge on any atom is -0.485 e. The van der Waals surface area contributed by atoms with Gasteiger partial charge in [0.2, 0.25) is 11.8 Å². The number of hydrogen-bond donors (Lipinski definition) is 1. The maximum absolute atomic E-state index is 10.1. The largest absolute Gasteiger partial charge is 0.485 e. The lowest BCUT2D eigenvalue weighted by Crippen LogP contribution is -2.17. The number of amides is 2. The topological polar surface area (TPSA) is 86.6 Å². The molecular formula is C16H37N5O3. The van der Waals surface area contributed by atoms with Crippen LogP contribution in [-0.4, -0.2) is 89.8 Å². The Bertz CT molecular complexity index is 342. The summed E-state index contributed by atoms with van der Waals surface area (Å²) in [5.74, 6) is 1.87. The third-order valence-electron chi connectivity index (χ3n) is 2.57. The Balaban J connectivity index is -0.000000111. The van der Waals surface area contributed by atoms with Gasteiger partial charge < -0.3 is 19.9 Å². The Morgan fingerprint density at radius 1 is 0.833 bits per heavy atom. The van der Waals surface area contributed by atoms with Gasteiger partial charge in [-0.05, 0) is 6.92 Å². The molecule has 8 nitrogen and oxygen atoms in total. The van der Waals surface area contributed by atoms with Crippen molar-refractivity contribution >= 4 is 23.5 Å². The fourth-order valence-corrected chi connectivity index (χ4v) is 0.203. The van der Waals surface area contributed by atoms with Gasteiger partial charge >= 0.3 is 0 Å². The van der Waals surface area contributed by atoms with Crippen LogP contribution < -0.4 is 5.32 Å². The summed E-state index contributed by atoms with van der Waals surface area (Å²) >= 11 is 0. The average molecular weight is 348 g/mol. The highest BCUT2D eigenvalue weighted by atomic mass is 16.5. The van der Waals surface area contributed by atoms with Crippen LogP contribution in [-0.2, 0) is 14.3 Å². The normalized spacial score (nSPS) is 9.67. The van der Waals surface area contributed by atoms with Crippen molar-refractivity contribution in [2.75, 3.05) is 56.4 Å². The molecule has 0 spiro atoms. The zero-order valence-electron chi connectivity index (χ0n) is 17.5. The maximum Gasteiger partial charge on any atom is 0.218 e. The molecule has 0 radical (unpaired) electrons. The number of aliphatic imine (C=N–C) groups is 2. The molecule has 24 heavy (non-hydrogen) atoms. The van der Waals surface area contributed by atoms with Crippen molar-refractivity contribution in [1.29, 1.82) is 0 Å². The summed E-state index contributed by atoms with van der Waals surface area (Å²) in [5.41, 5.74) is 0. The van der Waals surface area contributed by atoms with Crippen LogP contribution in [0.4, 0.5) is 0 Å². The number of carbonyl (C=O) groups excluding carboxylic acids is 2. The van der Waals surface area contributed by atoms with Gasteiger partial charge in [-0.1, -0.05) is 0 Å². The summed E-state index contributed by atoms with van der Waals surface area (Å²) in [4.78, 5) is 30.7. The molecule has 8 heteroatoms. The van der Waals surface area contributed by atoms with E-state index in [2.05, 4.69) is 20.0 Å². The molecule has 0 aromatic heterocycles. The first-order valence-corrected chi connectivity index (χ1v) is 7.35. The summed E-state index contributed by atoms with van der Waals surface area (Å²) < 4.78 is 4.65. The van der Waals surface area contributed by atoms with E-state index in [4.69, 9.17) is 0 Å². The molecule has 0 aromatic carbocycles. The summed E-state index contributed by atoms with van der Waals surface area (Å²) in [7, 11) is 13.8. The summed E-state index contributed by atoms with van der Waals surface area (Å²) in [6, 6.07) is 0. The van der Waals surface area contributed by atoms with E-state index >= 15 is 0 Å². The summed E-state index contributed by atoms with van der Waals surface area (Å²) in [6.45, 7) is 6.78. The SMILES string of the molecule is CC(=O)N(C)C.CC(=O)N(C)C.CN=C(C)NC.CN=C(C)OC. The van der Waals surface area contributed by atoms with E-state index in [0.29, 0.717) is 0 Å². The Morgan fingerprint density at radius 2 is 1.12 bits per heavy atom. The summed E-state index contributed by atoms with van der Waals surface area (Å²) in [5, 5.41) is 2.86.